The van der Waals surface area contributed by atoms with Crippen molar-refractivity contribution in [3.05, 3.63) is 22.3 Å². The number of halogens is 3. The zero-order chi connectivity index (χ0) is 19.9. The number of amides is 1. The number of carbonyl (C=O) groups is 1. The summed E-state index contributed by atoms with van der Waals surface area (Å²) in [5.41, 5.74) is 1.75. The SMILES string of the molecule is Cc1c(I)cc(I)c(N(CC(O)CO)C(=O)CN(CCO)CCO)c1I. The van der Waals surface area contributed by atoms with Gasteiger partial charge in [-0.05, 0) is 86.3 Å². The van der Waals surface area contributed by atoms with E-state index in [1.165, 1.54) is 4.90 Å². The van der Waals surface area contributed by atoms with Gasteiger partial charge in [-0.2, -0.15) is 0 Å². The Balaban J connectivity index is 3.24. The summed E-state index contributed by atoms with van der Waals surface area (Å²) in [5, 5.41) is 37.5. The van der Waals surface area contributed by atoms with Crippen molar-refractivity contribution in [3.8, 4) is 0 Å². The molecule has 0 aliphatic rings. The number of aliphatic hydroxyl groups excluding tert-OH is 4. The summed E-state index contributed by atoms with van der Waals surface area (Å²) in [5.74, 6) is -0.268. The molecule has 0 aliphatic carbocycles. The minimum Gasteiger partial charge on any atom is -0.395 e. The Morgan fingerprint density at radius 3 is 2.19 bits per heavy atom. The smallest absolute Gasteiger partial charge is 0.241 e. The fourth-order valence-corrected chi connectivity index (χ4v) is 6.29. The summed E-state index contributed by atoms with van der Waals surface area (Å²) in [6, 6.07) is 1.97. The van der Waals surface area contributed by atoms with Crippen LogP contribution in [0.5, 0.6) is 0 Å². The summed E-state index contributed by atoms with van der Waals surface area (Å²) in [4.78, 5) is 16.1. The molecule has 148 valence electrons. The van der Waals surface area contributed by atoms with Gasteiger partial charge in [-0.25, -0.2) is 0 Å². The van der Waals surface area contributed by atoms with Gasteiger partial charge in [0.05, 0.1) is 44.7 Å². The summed E-state index contributed by atoms with van der Waals surface area (Å²) in [6.07, 6.45) is -1.06. The molecule has 0 radical (unpaired) electrons. The van der Waals surface area contributed by atoms with Crippen molar-refractivity contribution in [2.75, 3.05) is 50.9 Å². The normalized spacial score (nSPS) is 12.5. The Kier molecular flexibility index (Phi) is 11.7. The maximum atomic E-state index is 13.0. The van der Waals surface area contributed by atoms with Crippen LogP contribution in [0.1, 0.15) is 5.56 Å². The molecule has 1 amide bonds. The lowest BCUT2D eigenvalue weighted by Crippen LogP contribution is -2.46. The highest BCUT2D eigenvalue weighted by molar-refractivity contribution is 14.1. The molecule has 10 heteroatoms. The van der Waals surface area contributed by atoms with Gasteiger partial charge in [-0.3, -0.25) is 9.69 Å². The van der Waals surface area contributed by atoms with Gasteiger partial charge in [0.1, 0.15) is 0 Å². The van der Waals surface area contributed by atoms with Gasteiger partial charge >= 0.3 is 0 Å². The average molecular weight is 704 g/mol. The monoisotopic (exact) mass is 704 g/mol. The average Bonchev–Trinajstić information content (AvgIpc) is 2.59. The number of nitrogens with zero attached hydrogens (tertiary/aromatic N) is 2. The maximum absolute atomic E-state index is 13.0. The summed E-state index contributed by atoms with van der Waals surface area (Å²) < 4.78 is 2.86. The van der Waals surface area contributed by atoms with Crippen LogP contribution < -0.4 is 4.90 Å². The number of hydrogen-bond acceptors (Lipinski definition) is 6. The largest absolute Gasteiger partial charge is 0.395 e. The van der Waals surface area contributed by atoms with E-state index in [9.17, 15) is 15.0 Å². The Morgan fingerprint density at radius 1 is 1.12 bits per heavy atom. The van der Waals surface area contributed by atoms with Crippen LogP contribution >= 0.6 is 67.8 Å². The van der Waals surface area contributed by atoms with E-state index in [1.807, 2.05) is 13.0 Å². The Morgan fingerprint density at radius 2 is 1.69 bits per heavy atom. The van der Waals surface area contributed by atoms with Gasteiger partial charge < -0.3 is 25.3 Å². The first-order valence-electron chi connectivity index (χ1n) is 7.94. The zero-order valence-corrected chi connectivity index (χ0v) is 20.8. The molecule has 0 saturated heterocycles. The van der Waals surface area contributed by atoms with Crippen molar-refractivity contribution < 1.29 is 25.2 Å². The van der Waals surface area contributed by atoms with E-state index in [-0.39, 0.29) is 45.3 Å². The Hall–Kier alpha value is 0.680. The highest BCUT2D eigenvalue weighted by Crippen LogP contribution is 2.34. The molecule has 0 heterocycles. The van der Waals surface area contributed by atoms with Crippen LogP contribution in [0.25, 0.3) is 0 Å². The third kappa shape index (κ3) is 6.93. The van der Waals surface area contributed by atoms with Crippen LogP contribution in [0.2, 0.25) is 0 Å². The van der Waals surface area contributed by atoms with Gasteiger partial charge in [0.2, 0.25) is 5.91 Å². The molecule has 1 unspecified atom stereocenters. The second-order valence-corrected chi connectivity index (χ2v) is 9.10. The standard InChI is InChI=1S/C16H23I3N2O5/c1-10-12(17)6-13(18)16(15(10)19)21(7-11(25)9-24)14(26)8-20(2-4-22)3-5-23/h6,11,22-25H,2-5,7-9H2,1H3. The van der Waals surface area contributed by atoms with Gasteiger partial charge in [-0.15, -0.1) is 0 Å². The third-order valence-corrected chi connectivity index (χ3v) is 7.00. The lowest BCUT2D eigenvalue weighted by molar-refractivity contribution is -0.120. The minimum absolute atomic E-state index is 0.00351. The van der Waals surface area contributed by atoms with Gasteiger partial charge in [-0.1, -0.05) is 0 Å². The van der Waals surface area contributed by atoms with Crippen LogP contribution in [0.4, 0.5) is 5.69 Å². The van der Waals surface area contributed by atoms with Crippen LogP contribution in [0.15, 0.2) is 6.07 Å². The molecule has 0 bridgehead atoms. The predicted molar refractivity (Wildman–Crippen MR) is 125 cm³/mol. The van der Waals surface area contributed by atoms with Gasteiger partial charge in [0.25, 0.3) is 0 Å². The van der Waals surface area contributed by atoms with E-state index in [0.29, 0.717) is 5.69 Å². The third-order valence-electron chi connectivity index (χ3n) is 3.74. The van der Waals surface area contributed by atoms with E-state index >= 15 is 0 Å². The molecule has 0 fully saturated rings. The topological polar surface area (TPSA) is 104 Å². The Labute approximate surface area is 194 Å². The van der Waals surface area contributed by atoms with E-state index < -0.39 is 12.7 Å². The molecule has 26 heavy (non-hydrogen) atoms. The summed E-state index contributed by atoms with van der Waals surface area (Å²) in [6.45, 7) is 1.78. The molecule has 1 atom stereocenters. The van der Waals surface area contributed by atoms with Gasteiger partial charge in [0, 0.05) is 23.8 Å². The van der Waals surface area contributed by atoms with Crippen molar-refractivity contribution in [1.82, 2.24) is 4.90 Å². The number of benzene rings is 1. The first-order chi connectivity index (χ1) is 12.3. The highest BCUT2D eigenvalue weighted by Gasteiger charge is 2.26. The highest BCUT2D eigenvalue weighted by atomic mass is 127. The van der Waals surface area contributed by atoms with Crippen LogP contribution in [-0.2, 0) is 4.79 Å². The van der Waals surface area contributed by atoms with E-state index in [2.05, 4.69) is 67.8 Å². The van der Waals surface area contributed by atoms with E-state index in [4.69, 9.17) is 10.2 Å². The minimum atomic E-state index is -1.06. The molecule has 7 nitrogen and oxygen atoms in total. The fourth-order valence-electron chi connectivity index (χ4n) is 2.34. The lowest BCUT2D eigenvalue weighted by atomic mass is 10.2. The maximum Gasteiger partial charge on any atom is 0.241 e. The van der Waals surface area contributed by atoms with Crippen molar-refractivity contribution in [1.29, 1.82) is 0 Å². The summed E-state index contributed by atoms with van der Waals surface area (Å²) in [7, 11) is 0. The zero-order valence-electron chi connectivity index (χ0n) is 14.3. The quantitative estimate of drug-likeness (QED) is 0.269. The summed E-state index contributed by atoms with van der Waals surface area (Å²) >= 11 is 6.59. The molecular formula is C16H23I3N2O5. The number of hydrogen-bond donors (Lipinski definition) is 4. The molecule has 1 rings (SSSR count). The van der Waals surface area contributed by atoms with Gasteiger partial charge in [0.15, 0.2) is 0 Å². The molecular weight excluding hydrogens is 681 g/mol. The number of aliphatic hydroxyl groups is 4. The predicted octanol–water partition coefficient (Wildman–Crippen LogP) is 0.782. The lowest BCUT2D eigenvalue weighted by Gasteiger charge is -2.30. The first-order valence-corrected chi connectivity index (χ1v) is 11.2. The van der Waals surface area contributed by atoms with Crippen molar-refractivity contribution in [2.45, 2.75) is 13.0 Å². The van der Waals surface area contributed by atoms with E-state index in [0.717, 1.165) is 16.3 Å². The van der Waals surface area contributed by atoms with Crippen LogP contribution in [0, 0.1) is 17.6 Å². The molecule has 4 N–H and O–H groups in total. The molecule has 1 aromatic rings. The fraction of sp³-hybridized carbons (Fsp3) is 0.562. The second-order valence-electron chi connectivity index (χ2n) is 5.69. The molecule has 0 saturated carbocycles. The molecule has 0 aromatic heterocycles. The number of anilines is 1. The van der Waals surface area contributed by atoms with Crippen molar-refractivity contribution >= 4 is 79.4 Å². The van der Waals surface area contributed by atoms with E-state index in [1.54, 1.807) is 4.90 Å². The molecule has 0 aliphatic heterocycles. The van der Waals surface area contributed by atoms with Crippen molar-refractivity contribution in [3.63, 3.8) is 0 Å². The second kappa shape index (κ2) is 12.3. The van der Waals surface area contributed by atoms with Crippen LogP contribution in [0.3, 0.4) is 0 Å². The van der Waals surface area contributed by atoms with Crippen molar-refractivity contribution in [2.24, 2.45) is 0 Å². The first kappa shape index (κ1) is 24.7. The Bertz CT molecular complexity index is 612. The number of carbonyl (C=O) groups excluding carboxylic acids is 1. The van der Waals surface area contributed by atoms with Crippen LogP contribution in [-0.4, -0.2) is 83.3 Å². The number of rotatable bonds is 10. The molecule has 0 spiro atoms. The molecule has 1 aromatic carbocycles.